The molecule has 0 bridgehead atoms. The Bertz CT molecular complexity index is 1130. The number of halogens is 1. The van der Waals surface area contributed by atoms with Gasteiger partial charge in [-0.2, -0.15) is 0 Å². The molecule has 3 aromatic rings. The third-order valence-electron chi connectivity index (χ3n) is 4.62. The molecule has 10 heteroatoms. The molecule has 0 saturated heterocycles. The van der Waals surface area contributed by atoms with Crippen LogP contribution in [0, 0.1) is 0 Å². The molecule has 31 heavy (non-hydrogen) atoms. The summed E-state index contributed by atoms with van der Waals surface area (Å²) >= 11 is 6.00. The maximum Gasteiger partial charge on any atom is 0.252 e. The van der Waals surface area contributed by atoms with Gasteiger partial charge in [0.2, 0.25) is 10.0 Å². The van der Waals surface area contributed by atoms with Gasteiger partial charge in [-0.05, 0) is 42.0 Å². The van der Waals surface area contributed by atoms with Crippen LogP contribution < -0.4 is 10.0 Å². The van der Waals surface area contributed by atoms with E-state index < -0.39 is 16.1 Å². The van der Waals surface area contributed by atoms with E-state index in [9.17, 15) is 13.2 Å². The molecule has 2 N–H and O–H groups in total. The summed E-state index contributed by atoms with van der Waals surface area (Å²) in [4.78, 5) is 17.3. The van der Waals surface area contributed by atoms with Crippen LogP contribution in [-0.2, 0) is 21.8 Å². The average Bonchev–Trinajstić information content (AvgIpc) is 3.18. The van der Waals surface area contributed by atoms with Crippen LogP contribution >= 0.6 is 11.6 Å². The molecule has 1 atom stereocenters. The molecule has 0 spiro atoms. The van der Waals surface area contributed by atoms with Crippen LogP contribution in [0.2, 0.25) is 5.02 Å². The summed E-state index contributed by atoms with van der Waals surface area (Å²) in [5, 5.41) is 3.55. The smallest absolute Gasteiger partial charge is 0.252 e. The van der Waals surface area contributed by atoms with E-state index in [-0.39, 0.29) is 24.0 Å². The number of benzene rings is 2. The Balaban J connectivity index is 1.80. The van der Waals surface area contributed by atoms with Crippen molar-refractivity contribution in [2.75, 3.05) is 20.3 Å². The van der Waals surface area contributed by atoms with E-state index in [2.05, 4.69) is 15.0 Å². The number of carbonyl (C=O) groups excluding carboxylic acids is 1. The van der Waals surface area contributed by atoms with E-state index in [0.717, 1.165) is 5.56 Å². The van der Waals surface area contributed by atoms with Crippen LogP contribution in [0.3, 0.4) is 0 Å². The lowest BCUT2D eigenvalue weighted by Gasteiger charge is -2.19. The molecule has 1 amide bonds. The van der Waals surface area contributed by atoms with Crippen LogP contribution in [0.4, 0.5) is 0 Å². The molecule has 0 aliphatic heterocycles. The Labute approximate surface area is 186 Å². The molecule has 3 rings (SSSR count). The Morgan fingerprint density at radius 2 is 1.84 bits per heavy atom. The standard InChI is InChI=1S/C21H23ClN4O4S/c1-26-13-11-23-20(26)19(15-3-7-17(22)8-4-15)25-21(27)16-5-9-18(10-6-16)31(28,29)24-12-14-30-2/h3-11,13,19,24H,12,14H2,1-2H3,(H,25,27)/t19-/m0/s1. The molecule has 0 aliphatic rings. The van der Waals surface area contributed by atoms with Gasteiger partial charge in [-0.1, -0.05) is 23.7 Å². The van der Waals surface area contributed by atoms with Crippen molar-refractivity contribution in [2.45, 2.75) is 10.9 Å². The van der Waals surface area contributed by atoms with Crippen molar-refractivity contribution in [3.05, 3.63) is 82.9 Å². The number of nitrogens with zero attached hydrogens (tertiary/aromatic N) is 2. The maximum absolute atomic E-state index is 12.9. The van der Waals surface area contributed by atoms with Crippen LogP contribution in [0.1, 0.15) is 27.8 Å². The molecule has 164 valence electrons. The molecule has 8 nitrogen and oxygen atoms in total. The van der Waals surface area contributed by atoms with Gasteiger partial charge in [0.15, 0.2) is 0 Å². The van der Waals surface area contributed by atoms with E-state index in [1.807, 2.05) is 23.7 Å². The number of amides is 1. The largest absolute Gasteiger partial charge is 0.383 e. The van der Waals surface area contributed by atoms with E-state index in [1.165, 1.54) is 31.4 Å². The zero-order valence-corrected chi connectivity index (χ0v) is 18.7. The van der Waals surface area contributed by atoms with Gasteiger partial charge in [0.25, 0.3) is 5.91 Å². The lowest BCUT2D eigenvalue weighted by Crippen LogP contribution is -2.31. The molecular weight excluding hydrogens is 440 g/mol. The number of aromatic nitrogens is 2. The molecule has 0 aliphatic carbocycles. The highest BCUT2D eigenvalue weighted by atomic mass is 35.5. The van der Waals surface area contributed by atoms with Crippen molar-refractivity contribution in [3.63, 3.8) is 0 Å². The van der Waals surface area contributed by atoms with Gasteiger partial charge in [-0.25, -0.2) is 18.1 Å². The third kappa shape index (κ3) is 5.71. The second-order valence-corrected chi connectivity index (χ2v) is 8.97. The van der Waals surface area contributed by atoms with Crippen molar-refractivity contribution in [1.82, 2.24) is 19.6 Å². The summed E-state index contributed by atoms with van der Waals surface area (Å²) in [5.74, 6) is 0.288. The first-order chi connectivity index (χ1) is 14.8. The van der Waals surface area contributed by atoms with Gasteiger partial charge < -0.3 is 14.6 Å². The van der Waals surface area contributed by atoms with Gasteiger partial charge in [0, 0.05) is 43.7 Å². The predicted molar refractivity (Wildman–Crippen MR) is 117 cm³/mol. The number of imidazole rings is 1. The van der Waals surface area contributed by atoms with Crippen molar-refractivity contribution in [3.8, 4) is 0 Å². The highest BCUT2D eigenvalue weighted by Gasteiger charge is 2.22. The Kier molecular flexibility index (Phi) is 7.45. The SMILES string of the molecule is COCCNS(=O)(=O)c1ccc(C(=O)N[C@@H](c2ccc(Cl)cc2)c2nccn2C)cc1. The monoisotopic (exact) mass is 462 g/mol. The quantitative estimate of drug-likeness (QED) is 0.476. The molecule has 0 fully saturated rings. The fraction of sp³-hybridized carbons (Fsp3) is 0.238. The fourth-order valence-electron chi connectivity index (χ4n) is 2.97. The molecule has 1 heterocycles. The highest BCUT2D eigenvalue weighted by Crippen LogP contribution is 2.23. The first kappa shape index (κ1) is 23.0. The van der Waals surface area contributed by atoms with Crippen LogP contribution in [0.15, 0.2) is 65.8 Å². The molecule has 1 aromatic heterocycles. The van der Waals surface area contributed by atoms with Gasteiger partial charge in [-0.3, -0.25) is 4.79 Å². The highest BCUT2D eigenvalue weighted by molar-refractivity contribution is 7.89. The molecule has 0 radical (unpaired) electrons. The van der Waals surface area contributed by atoms with Crippen LogP contribution in [0.25, 0.3) is 0 Å². The number of rotatable bonds is 9. The Morgan fingerprint density at radius 1 is 1.16 bits per heavy atom. The molecule has 0 unspecified atom stereocenters. The van der Waals surface area contributed by atoms with Gasteiger partial charge in [-0.15, -0.1) is 0 Å². The van der Waals surface area contributed by atoms with E-state index in [0.29, 0.717) is 16.4 Å². The summed E-state index contributed by atoms with van der Waals surface area (Å²) in [6.45, 7) is 0.423. The lowest BCUT2D eigenvalue weighted by molar-refractivity contribution is 0.0941. The molecule has 0 saturated carbocycles. The van der Waals surface area contributed by atoms with E-state index >= 15 is 0 Å². The fourth-order valence-corrected chi connectivity index (χ4v) is 4.11. The normalized spacial score (nSPS) is 12.5. The van der Waals surface area contributed by atoms with Crippen LogP contribution in [-0.4, -0.2) is 44.1 Å². The minimum absolute atomic E-state index is 0.0681. The van der Waals surface area contributed by atoms with Crippen LogP contribution in [0.5, 0.6) is 0 Å². The van der Waals surface area contributed by atoms with Crippen molar-refractivity contribution < 1.29 is 17.9 Å². The number of hydrogen-bond acceptors (Lipinski definition) is 5. The van der Waals surface area contributed by atoms with Gasteiger partial charge in [0.1, 0.15) is 11.9 Å². The van der Waals surface area contributed by atoms with E-state index in [4.69, 9.17) is 16.3 Å². The van der Waals surface area contributed by atoms with Crippen molar-refractivity contribution in [2.24, 2.45) is 7.05 Å². The summed E-state index contributed by atoms with van der Waals surface area (Å²) in [6, 6.07) is 12.3. The minimum Gasteiger partial charge on any atom is -0.383 e. The number of carbonyl (C=O) groups is 1. The van der Waals surface area contributed by atoms with Crippen molar-refractivity contribution >= 4 is 27.5 Å². The van der Waals surface area contributed by atoms with E-state index in [1.54, 1.807) is 24.5 Å². The first-order valence-corrected chi connectivity index (χ1v) is 11.3. The number of hydrogen-bond donors (Lipinski definition) is 2. The second kappa shape index (κ2) is 10.1. The minimum atomic E-state index is -3.67. The maximum atomic E-state index is 12.9. The number of nitrogens with one attached hydrogen (secondary N) is 2. The van der Waals surface area contributed by atoms with Gasteiger partial charge >= 0.3 is 0 Å². The van der Waals surface area contributed by atoms with Crippen molar-refractivity contribution in [1.29, 1.82) is 0 Å². The Hall–Kier alpha value is -2.72. The summed E-state index contributed by atoms with van der Waals surface area (Å²) in [6.07, 6.45) is 3.45. The average molecular weight is 463 g/mol. The molecular formula is C21H23ClN4O4S. The zero-order chi connectivity index (χ0) is 22.4. The predicted octanol–water partition coefficient (Wildman–Crippen LogP) is 2.52. The van der Waals surface area contributed by atoms with Gasteiger partial charge in [0.05, 0.1) is 11.5 Å². The second-order valence-electron chi connectivity index (χ2n) is 6.77. The summed E-state index contributed by atoms with van der Waals surface area (Å²) < 4.78 is 33.7. The summed E-state index contributed by atoms with van der Waals surface area (Å²) in [5.41, 5.74) is 1.14. The third-order valence-corrected chi connectivity index (χ3v) is 6.35. The number of sulfonamides is 1. The lowest BCUT2D eigenvalue weighted by atomic mass is 10.1. The number of methoxy groups -OCH3 is 1. The number of aryl methyl sites for hydroxylation is 1. The summed E-state index contributed by atoms with van der Waals surface area (Å²) in [7, 11) is -0.343. The first-order valence-electron chi connectivity index (χ1n) is 9.44. The topological polar surface area (TPSA) is 102 Å². The Morgan fingerprint density at radius 3 is 2.42 bits per heavy atom. The zero-order valence-electron chi connectivity index (χ0n) is 17.1. The molecule has 2 aromatic carbocycles. The number of ether oxygens (including phenoxy) is 1.